The molecule has 0 saturated heterocycles. The molecule has 0 bridgehead atoms. The summed E-state index contributed by atoms with van der Waals surface area (Å²) in [4.78, 5) is 0. The van der Waals surface area contributed by atoms with E-state index in [-0.39, 0.29) is 5.60 Å². The van der Waals surface area contributed by atoms with Crippen LogP contribution in [-0.2, 0) is 4.74 Å². The van der Waals surface area contributed by atoms with E-state index in [1.807, 2.05) is 20.8 Å². The van der Waals surface area contributed by atoms with Crippen LogP contribution in [0, 0.1) is 12.3 Å². The molecule has 0 aromatic rings. The average molecular weight is 155 g/mol. The third-order valence-corrected chi connectivity index (χ3v) is 1.31. The van der Waals surface area contributed by atoms with Crippen molar-refractivity contribution in [2.45, 2.75) is 26.4 Å². The van der Waals surface area contributed by atoms with Gasteiger partial charge < -0.3 is 10.1 Å². The molecule has 2 nitrogen and oxygen atoms in total. The molecule has 1 N–H and O–H groups in total. The molecule has 0 fully saturated rings. The van der Waals surface area contributed by atoms with Crippen molar-refractivity contribution in [3.05, 3.63) is 0 Å². The fraction of sp³-hybridized carbons (Fsp3) is 0.778. The van der Waals surface area contributed by atoms with E-state index in [2.05, 4.69) is 11.2 Å². The smallest absolute Gasteiger partial charge is 0.0750 e. The molecule has 0 atom stereocenters. The normalized spacial score (nSPS) is 11.1. The van der Waals surface area contributed by atoms with Gasteiger partial charge in [0.15, 0.2) is 0 Å². The van der Waals surface area contributed by atoms with Crippen LogP contribution >= 0.6 is 0 Å². The molecule has 0 radical (unpaired) electrons. The number of nitrogens with one attached hydrogen (secondary N) is 1. The fourth-order valence-corrected chi connectivity index (χ4v) is 0.877. The van der Waals surface area contributed by atoms with Crippen LogP contribution in [0.25, 0.3) is 0 Å². The Kier molecular flexibility index (Phi) is 4.93. The van der Waals surface area contributed by atoms with Crippen LogP contribution in [0.1, 0.15) is 20.8 Å². The van der Waals surface area contributed by atoms with E-state index < -0.39 is 0 Å². The molecule has 0 aliphatic heterocycles. The average Bonchev–Trinajstić information content (AvgIpc) is 1.87. The molecule has 0 amide bonds. The number of rotatable bonds is 5. The molecule has 0 spiro atoms. The standard InChI is InChI=1S/C9H17NO/c1-5-7-10-8-9(3,4)11-6-2/h1,10H,6-8H2,2-4H3. The van der Waals surface area contributed by atoms with E-state index in [9.17, 15) is 0 Å². The van der Waals surface area contributed by atoms with Crippen molar-refractivity contribution in [3.63, 3.8) is 0 Å². The molecule has 0 aliphatic rings. The summed E-state index contributed by atoms with van der Waals surface area (Å²) in [7, 11) is 0. The van der Waals surface area contributed by atoms with Crippen LogP contribution in [-0.4, -0.2) is 25.3 Å². The summed E-state index contributed by atoms with van der Waals surface area (Å²) in [5.74, 6) is 2.52. The molecule has 0 saturated carbocycles. The van der Waals surface area contributed by atoms with E-state index in [1.165, 1.54) is 0 Å². The van der Waals surface area contributed by atoms with Gasteiger partial charge in [0.1, 0.15) is 0 Å². The first-order valence-corrected chi connectivity index (χ1v) is 3.90. The van der Waals surface area contributed by atoms with Gasteiger partial charge in [-0.1, -0.05) is 5.92 Å². The Morgan fingerprint density at radius 3 is 2.64 bits per heavy atom. The van der Waals surface area contributed by atoms with Crippen molar-refractivity contribution < 1.29 is 4.74 Å². The van der Waals surface area contributed by atoms with E-state index in [0.29, 0.717) is 6.54 Å². The summed E-state index contributed by atoms with van der Waals surface area (Å²) in [5, 5.41) is 3.10. The maximum atomic E-state index is 5.44. The molecule has 0 rings (SSSR count). The fourth-order valence-electron chi connectivity index (χ4n) is 0.877. The predicted octanol–water partition coefficient (Wildman–Crippen LogP) is 1.02. The summed E-state index contributed by atoms with van der Waals surface area (Å²) in [6, 6.07) is 0. The zero-order valence-electron chi connectivity index (χ0n) is 7.61. The van der Waals surface area contributed by atoms with Crippen molar-refractivity contribution in [3.8, 4) is 12.3 Å². The SMILES string of the molecule is C#CCNCC(C)(C)OCC. The molecule has 0 unspecified atom stereocenters. The van der Waals surface area contributed by atoms with Gasteiger partial charge in [0.25, 0.3) is 0 Å². The maximum absolute atomic E-state index is 5.44. The minimum atomic E-state index is -0.106. The largest absolute Gasteiger partial charge is 0.375 e. The number of ether oxygens (including phenoxy) is 1. The summed E-state index contributed by atoms with van der Waals surface area (Å²) >= 11 is 0. The molecule has 11 heavy (non-hydrogen) atoms. The lowest BCUT2D eigenvalue weighted by atomic mass is 10.1. The van der Waals surface area contributed by atoms with Crippen molar-refractivity contribution in [1.29, 1.82) is 0 Å². The number of hydrogen-bond donors (Lipinski definition) is 1. The first-order valence-electron chi connectivity index (χ1n) is 3.90. The lowest BCUT2D eigenvalue weighted by Crippen LogP contribution is -2.37. The highest BCUT2D eigenvalue weighted by Crippen LogP contribution is 2.05. The Morgan fingerprint density at radius 1 is 1.55 bits per heavy atom. The van der Waals surface area contributed by atoms with Crippen molar-refractivity contribution >= 4 is 0 Å². The molecule has 0 aromatic heterocycles. The second-order valence-electron chi connectivity index (χ2n) is 3.00. The highest BCUT2D eigenvalue weighted by Gasteiger charge is 2.15. The zero-order chi connectivity index (χ0) is 8.74. The van der Waals surface area contributed by atoms with Crippen molar-refractivity contribution in [2.24, 2.45) is 0 Å². The number of hydrogen-bond acceptors (Lipinski definition) is 2. The molecular weight excluding hydrogens is 138 g/mol. The van der Waals surface area contributed by atoms with Crippen LogP contribution in [0.4, 0.5) is 0 Å². The molecule has 0 aliphatic carbocycles. The van der Waals surface area contributed by atoms with Gasteiger partial charge in [0.05, 0.1) is 12.1 Å². The van der Waals surface area contributed by atoms with E-state index in [1.54, 1.807) is 0 Å². The molecule has 0 aromatic carbocycles. The lowest BCUT2D eigenvalue weighted by molar-refractivity contribution is -0.00803. The van der Waals surface area contributed by atoms with Crippen molar-refractivity contribution in [1.82, 2.24) is 5.32 Å². The monoisotopic (exact) mass is 155 g/mol. The predicted molar refractivity (Wildman–Crippen MR) is 47.4 cm³/mol. The van der Waals surface area contributed by atoms with Gasteiger partial charge in [-0.05, 0) is 20.8 Å². The lowest BCUT2D eigenvalue weighted by Gasteiger charge is -2.24. The van der Waals surface area contributed by atoms with Gasteiger partial charge in [-0.15, -0.1) is 6.42 Å². The minimum absolute atomic E-state index is 0.106. The maximum Gasteiger partial charge on any atom is 0.0750 e. The van der Waals surface area contributed by atoms with Crippen LogP contribution in [0.3, 0.4) is 0 Å². The van der Waals surface area contributed by atoms with Gasteiger partial charge in [-0.3, -0.25) is 0 Å². The molecular formula is C9H17NO. The summed E-state index contributed by atoms with van der Waals surface area (Å²) < 4.78 is 5.44. The summed E-state index contributed by atoms with van der Waals surface area (Å²) in [6.07, 6.45) is 5.08. The summed E-state index contributed by atoms with van der Waals surface area (Å²) in [5.41, 5.74) is -0.106. The topological polar surface area (TPSA) is 21.3 Å². The van der Waals surface area contributed by atoms with Gasteiger partial charge in [-0.2, -0.15) is 0 Å². The third-order valence-electron chi connectivity index (χ3n) is 1.31. The first kappa shape index (κ1) is 10.5. The third kappa shape index (κ3) is 5.90. The zero-order valence-corrected chi connectivity index (χ0v) is 7.61. The van der Waals surface area contributed by atoms with Crippen LogP contribution in [0.2, 0.25) is 0 Å². The first-order chi connectivity index (χ1) is 5.12. The Labute approximate surface area is 69.3 Å². The number of terminal acetylenes is 1. The van der Waals surface area contributed by atoms with Gasteiger partial charge >= 0.3 is 0 Å². The minimum Gasteiger partial charge on any atom is -0.375 e. The Bertz CT molecular complexity index is 135. The second-order valence-corrected chi connectivity index (χ2v) is 3.00. The highest BCUT2D eigenvalue weighted by molar-refractivity contribution is 4.87. The molecule has 64 valence electrons. The Morgan fingerprint density at radius 2 is 2.18 bits per heavy atom. The highest BCUT2D eigenvalue weighted by atomic mass is 16.5. The Hall–Kier alpha value is -0.520. The second kappa shape index (κ2) is 5.17. The van der Waals surface area contributed by atoms with Gasteiger partial charge in [0.2, 0.25) is 0 Å². The van der Waals surface area contributed by atoms with Crippen molar-refractivity contribution in [2.75, 3.05) is 19.7 Å². The molecule has 0 heterocycles. The molecule has 2 heteroatoms. The van der Waals surface area contributed by atoms with Crippen LogP contribution in [0.15, 0.2) is 0 Å². The van der Waals surface area contributed by atoms with Crippen LogP contribution in [0.5, 0.6) is 0 Å². The summed E-state index contributed by atoms with van der Waals surface area (Å²) in [6.45, 7) is 8.22. The Balaban J connectivity index is 3.48. The van der Waals surface area contributed by atoms with E-state index in [4.69, 9.17) is 11.2 Å². The van der Waals surface area contributed by atoms with Gasteiger partial charge in [-0.25, -0.2) is 0 Å². The quantitative estimate of drug-likeness (QED) is 0.473. The van der Waals surface area contributed by atoms with E-state index >= 15 is 0 Å². The van der Waals surface area contributed by atoms with E-state index in [0.717, 1.165) is 13.2 Å². The van der Waals surface area contributed by atoms with Gasteiger partial charge in [0, 0.05) is 13.2 Å². The van der Waals surface area contributed by atoms with Crippen LogP contribution < -0.4 is 5.32 Å².